The maximum Gasteiger partial charge on any atom is 0.313 e. The van der Waals surface area contributed by atoms with Gasteiger partial charge >= 0.3 is 11.8 Å². The van der Waals surface area contributed by atoms with Gasteiger partial charge in [0.05, 0.1) is 31.4 Å². The molecule has 1 aromatic carbocycles. The van der Waals surface area contributed by atoms with E-state index in [-0.39, 0.29) is 6.04 Å². The van der Waals surface area contributed by atoms with Gasteiger partial charge in [-0.25, -0.2) is 0 Å². The zero-order valence-corrected chi connectivity index (χ0v) is 17.0. The van der Waals surface area contributed by atoms with Crippen molar-refractivity contribution in [3.63, 3.8) is 0 Å². The Hall–Kier alpha value is -2.16. The number of nitrogens with zero attached hydrogens (tertiary/aromatic N) is 1. The van der Waals surface area contributed by atoms with Gasteiger partial charge in [-0.2, -0.15) is 11.8 Å². The number of nitrogens with one attached hydrogen (secondary N) is 2. The minimum absolute atomic E-state index is 0.0443. The van der Waals surface area contributed by atoms with Gasteiger partial charge in [-0.05, 0) is 24.3 Å². The quantitative estimate of drug-likeness (QED) is 0.695. The summed E-state index contributed by atoms with van der Waals surface area (Å²) in [5.74, 6) is 1.00. The molecule has 0 saturated carbocycles. The Balaban J connectivity index is 1.62. The molecule has 1 atom stereocenters. The number of furan rings is 1. The van der Waals surface area contributed by atoms with E-state index >= 15 is 0 Å². The van der Waals surface area contributed by atoms with Gasteiger partial charge in [-0.1, -0.05) is 11.6 Å². The number of amides is 2. The van der Waals surface area contributed by atoms with E-state index < -0.39 is 11.8 Å². The number of rotatable bonds is 6. The summed E-state index contributed by atoms with van der Waals surface area (Å²) in [5.41, 5.74) is 1.32. The third-order valence-electron chi connectivity index (χ3n) is 4.49. The molecule has 0 bridgehead atoms. The summed E-state index contributed by atoms with van der Waals surface area (Å²) >= 11 is 7.87. The zero-order valence-electron chi connectivity index (χ0n) is 15.4. The van der Waals surface area contributed by atoms with E-state index in [1.165, 1.54) is 13.2 Å². The number of carbonyl (C=O) groups is 2. The van der Waals surface area contributed by atoms with E-state index in [1.54, 1.807) is 24.7 Å². The zero-order chi connectivity index (χ0) is 19.9. The first-order valence-corrected chi connectivity index (χ1v) is 10.4. The summed E-state index contributed by atoms with van der Waals surface area (Å²) in [5, 5.41) is 5.70. The smallest absolute Gasteiger partial charge is 0.313 e. The first kappa shape index (κ1) is 20.6. The van der Waals surface area contributed by atoms with Crippen LogP contribution in [-0.2, 0) is 9.59 Å². The minimum atomic E-state index is -0.777. The van der Waals surface area contributed by atoms with Crippen molar-refractivity contribution in [2.75, 3.05) is 43.6 Å². The van der Waals surface area contributed by atoms with Crippen molar-refractivity contribution < 1.29 is 18.7 Å². The van der Waals surface area contributed by atoms with Crippen molar-refractivity contribution in [3.8, 4) is 5.75 Å². The van der Waals surface area contributed by atoms with E-state index in [0.717, 1.165) is 30.2 Å². The molecular formula is C19H22ClN3O4S. The van der Waals surface area contributed by atoms with Crippen LogP contribution >= 0.6 is 23.4 Å². The van der Waals surface area contributed by atoms with E-state index in [1.807, 2.05) is 17.8 Å². The third-order valence-corrected chi connectivity index (χ3v) is 5.66. The molecule has 1 saturated heterocycles. The summed E-state index contributed by atoms with van der Waals surface area (Å²) in [6.45, 7) is 2.15. The van der Waals surface area contributed by atoms with Gasteiger partial charge in [0.1, 0.15) is 5.75 Å². The Morgan fingerprint density at radius 1 is 1.29 bits per heavy atom. The normalized spacial score (nSPS) is 15.6. The maximum absolute atomic E-state index is 12.3. The summed E-state index contributed by atoms with van der Waals surface area (Å²) in [7, 11) is 1.48. The fourth-order valence-electron chi connectivity index (χ4n) is 3.04. The number of carbonyl (C=O) groups excluding carboxylic acids is 2. The molecule has 0 unspecified atom stereocenters. The topological polar surface area (TPSA) is 83.8 Å². The van der Waals surface area contributed by atoms with Gasteiger partial charge in [0.15, 0.2) is 0 Å². The summed E-state index contributed by atoms with van der Waals surface area (Å²) in [6.07, 6.45) is 3.29. The molecule has 3 rings (SSSR count). The number of thioether (sulfide) groups is 1. The van der Waals surface area contributed by atoms with E-state index in [2.05, 4.69) is 15.5 Å². The highest BCUT2D eigenvalue weighted by atomic mass is 35.5. The Kier molecular flexibility index (Phi) is 7.24. The SMILES string of the molecule is COc1ccc(Cl)cc1NC(=O)C(=O)NC[C@@H](c1ccoc1)N1CCSCC1. The molecule has 1 aromatic heterocycles. The first-order chi connectivity index (χ1) is 13.6. The number of ether oxygens (including phenoxy) is 1. The van der Waals surface area contributed by atoms with Gasteiger partial charge in [0, 0.05) is 41.7 Å². The highest BCUT2D eigenvalue weighted by Gasteiger charge is 2.25. The number of halogens is 1. The molecule has 2 N–H and O–H groups in total. The van der Waals surface area contributed by atoms with Crippen LogP contribution in [0, 0.1) is 0 Å². The number of methoxy groups -OCH3 is 1. The lowest BCUT2D eigenvalue weighted by Gasteiger charge is -2.33. The van der Waals surface area contributed by atoms with Crippen molar-refractivity contribution in [2.45, 2.75) is 6.04 Å². The fraction of sp³-hybridized carbons (Fsp3) is 0.368. The van der Waals surface area contributed by atoms with Crippen molar-refractivity contribution in [2.24, 2.45) is 0 Å². The molecule has 2 amide bonds. The maximum atomic E-state index is 12.3. The van der Waals surface area contributed by atoms with E-state index in [4.69, 9.17) is 20.8 Å². The molecule has 2 heterocycles. The lowest BCUT2D eigenvalue weighted by molar-refractivity contribution is -0.136. The van der Waals surface area contributed by atoms with Gasteiger partial charge in [0.25, 0.3) is 0 Å². The van der Waals surface area contributed by atoms with E-state index in [0.29, 0.717) is 23.0 Å². The second-order valence-corrected chi connectivity index (χ2v) is 7.89. The highest BCUT2D eigenvalue weighted by molar-refractivity contribution is 7.99. The summed E-state index contributed by atoms with van der Waals surface area (Å²) in [4.78, 5) is 26.9. The van der Waals surface area contributed by atoms with Crippen LogP contribution in [0.3, 0.4) is 0 Å². The van der Waals surface area contributed by atoms with Crippen LogP contribution in [0.1, 0.15) is 11.6 Å². The van der Waals surface area contributed by atoms with Crippen LogP contribution in [0.2, 0.25) is 5.02 Å². The standard InChI is InChI=1S/C19H22ClN3O4S/c1-26-17-3-2-14(20)10-15(17)22-19(25)18(24)21-11-16(13-4-7-27-12-13)23-5-8-28-9-6-23/h2-4,7,10,12,16H,5-6,8-9,11H2,1H3,(H,21,24)(H,22,25)/t16-/m0/s1. The predicted octanol–water partition coefficient (Wildman–Crippen LogP) is 2.79. The molecule has 0 aliphatic carbocycles. The van der Waals surface area contributed by atoms with Gasteiger partial charge < -0.3 is 19.8 Å². The summed E-state index contributed by atoms with van der Waals surface area (Å²) < 4.78 is 10.4. The molecule has 2 aromatic rings. The average Bonchev–Trinajstić information content (AvgIpc) is 3.23. The van der Waals surface area contributed by atoms with Gasteiger partial charge in [-0.15, -0.1) is 0 Å². The van der Waals surface area contributed by atoms with Crippen molar-refractivity contribution in [3.05, 3.63) is 47.4 Å². The molecular weight excluding hydrogens is 402 g/mol. The molecule has 0 spiro atoms. The van der Waals surface area contributed by atoms with Crippen LogP contribution in [0.25, 0.3) is 0 Å². The molecule has 9 heteroatoms. The number of hydrogen-bond donors (Lipinski definition) is 2. The van der Waals surface area contributed by atoms with Crippen molar-refractivity contribution in [1.29, 1.82) is 0 Å². The monoisotopic (exact) mass is 423 g/mol. The highest BCUT2D eigenvalue weighted by Crippen LogP contribution is 2.28. The number of anilines is 1. The Labute approximate surface area is 172 Å². The van der Waals surface area contributed by atoms with Gasteiger partial charge in [-0.3, -0.25) is 14.5 Å². The van der Waals surface area contributed by atoms with Crippen LogP contribution in [0.15, 0.2) is 41.2 Å². The molecule has 0 radical (unpaired) electrons. The Morgan fingerprint density at radius 2 is 2.07 bits per heavy atom. The first-order valence-electron chi connectivity index (χ1n) is 8.85. The number of benzene rings is 1. The largest absolute Gasteiger partial charge is 0.495 e. The lowest BCUT2D eigenvalue weighted by atomic mass is 10.1. The minimum Gasteiger partial charge on any atom is -0.495 e. The predicted molar refractivity (Wildman–Crippen MR) is 110 cm³/mol. The average molecular weight is 424 g/mol. The van der Waals surface area contributed by atoms with Crippen molar-refractivity contribution in [1.82, 2.24) is 10.2 Å². The van der Waals surface area contributed by atoms with Crippen molar-refractivity contribution >= 4 is 40.9 Å². The van der Waals surface area contributed by atoms with E-state index in [9.17, 15) is 9.59 Å². The second kappa shape index (κ2) is 9.86. The number of hydrogen-bond acceptors (Lipinski definition) is 6. The van der Waals surface area contributed by atoms with Crippen LogP contribution in [0.4, 0.5) is 5.69 Å². The third kappa shape index (κ3) is 5.21. The molecule has 150 valence electrons. The van der Waals surface area contributed by atoms with Crippen LogP contribution in [-0.4, -0.2) is 55.0 Å². The Bertz CT molecular complexity index is 810. The van der Waals surface area contributed by atoms with Crippen LogP contribution < -0.4 is 15.4 Å². The molecule has 1 aliphatic rings. The molecule has 1 fully saturated rings. The molecule has 1 aliphatic heterocycles. The molecule has 28 heavy (non-hydrogen) atoms. The lowest BCUT2D eigenvalue weighted by Crippen LogP contribution is -2.44. The molecule has 7 nitrogen and oxygen atoms in total. The summed E-state index contributed by atoms with van der Waals surface area (Å²) in [6, 6.07) is 6.64. The van der Waals surface area contributed by atoms with Gasteiger partial charge in [0.2, 0.25) is 0 Å². The Morgan fingerprint density at radius 3 is 2.75 bits per heavy atom. The van der Waals surface area contributed by atoms with Crippen LogP contribution in [0.5, 0.6) is 5.75 Å². The fourth-order valence-corrected chi connectivity index (χ4v) is 4.14. The second-order valence-electron chi connectivity index (χ2n) is 6.23.